The summed E-state index contributed by atoms with van der Waals surface area (Å²) in [6.45, 7) is 1.78. The third-order valence-corrected chi connectivity index (χ3v) is 4.06. The molecule has 0 bridgehead atoms. The van der Waals surface area contributed by atoms with Gasteiger partial charge in [0.25, 0.3) is 0 Å². The van der Waals surface area contributed by atoms with Gasteiger partial charge in [-0.2, -0.15) is 5.26 Å². The summed E-state index contributed by atoms with van der Waals surface area (Å²) < 4.78 is 37.9. The van der Waals surface area contributed by atoms with E-state index in [1.165, 1.54) is 6.07 Å². The molecule has 2 unspecified atom stereocenters. The number of benzene rings is 1. The molecular formula is C11H11F2NOS. The van der Waals surface area contributed by atoms with E-state index in [1.807, 2.05) is 6.07 Å². The van der Waals surface area contributed by atoms with Crippen LogP contribution in [0.15, 0.2) is 23.1 Å². The molecule has 2 atom stereocenters. The minimum Gasteiger partial charge on any atom is -0.254 e. The van der Waals surface area contributed by atoms with Crippen LogP contribution in [0, 0.1) is 23.0 Å². The Kier molecular flexibility index (Phi) is 4.56. The molecule has 1 aromatic rings. The Hall–Kier alpha value is -1.28. The van der Waals surface area contributed by atoms with E-state index in [9.17, 15) is 13.0 Å². The smallest absolute Gasteiger partial charge is 0.142 e. The van der Waals surface area contributed by atoms with E-state index >= 15 is 0 Å². The number of hydrogen-bond donors (Lipinski definition) is 0. The summed E-state index contributed by atoms with van der Waals surface area (Å²) in [4.78, 5) is -0.0384. The highest BCUT2D eigenvalue weighted by atomic mass is 32.2. The second kappa shape index (κ2) is 5.71. The van der Waals surface area contributed by atoms with Gasteiger partial charge in [-0.1, -0.05) is 6.92 Å². The molecule has 0 N–H and O–H groups in total. The van der Waals surface area contributed by atoms with Crippen LogP contribution in [-0.4, -0.2) is 9.46 Å². The van der Waals surface area contributed by atoms with Gasteiger partial charge in [0.2, 0.25) is 0 Å². The molecule has 0 spiro atoms. The highest BCUT2D eigenvalue weighted by Gasteiger charge is 2.19. The predicted octanol–water partition coefficient (Wildman–Crippen LogP) is 2.76. The van der Waals surface area contributed by atoms with E-state index in [0.29, 0.717) is 12.5 Å². The fourth-order valence-corrected chi connectivity index (χ4v) is 2.63. The van der Waals surface area contributed by atoms with Gasteiger partial charge in [-0.15, -0.1) is 0 Å². The predicted molar refractivity (Wildman–Crippen MR) is 57.1 cm³/mol. The van der Waals surface area contributed by atoms with Gasteiger partial charge < -0.3 is 0 Å². The van der Waals surface area contributed by atoms with Gasteiger partial charge in [0, 0.05) is 12.5 Å². The maximum absolute atomic E-state index is 13.3. The van der Waals surface area contributed by atoms with E-state index in [-0.39, 0.29) is 11.3 Å². The second-order valence-corrected chi connectivity index (χ2v) is 4.97. The van der Waals surface area contributed by atoms with E-state index in [1.54, 1.807) is 6.92 Å². The standard InChI is InChI=1S/C11H11F2NOS/c1-2-9(5-6-14)16(15)11-4-3-8(12)7-10(11)13/h3-4,7,9H,2,5H2,1H3. The molecule has 0 aliphatic heterocycles. The zero-order chi connectivity index (χ0) is 12.1. The van der Waals surface area contributed by atoms with Crippen LogP contribution in [-0.2, 0) is 10.8 Å². The van der Waals surface area contributed by atoms with Gasteiger partial charge >= 0.3 is 0 Å². The number of hydrogen-bond acceptors (Lipinski definition) is 2. The van der Waals surface area contributed by atoms with Gasteiger partial charge in [0.05, 0.1) is 27.0 Å². The molecule has 0 fully saturated rings. The van der Waals surface area contributed by atoms with E-state index in [2.05, 4.69) is 0 Å². The van der Waals surface area contributed by atoms with Gasteiger partial charge in [-0.05, 0) is 18.6 Å². The van der Waals surface area contributed by atoms with E-state index in [0.717, 1.165) is 6.07 Å². The third kappa shape index (κ3) is 2.86. The molecule has 16 heavy (non-hydrogen) atoms. The first-order valence-electron chi connectivity index (χ1n) is 4.82. The maximum atomic E-state index is 13.3. The monoisotopic (exact) mass is 243 g/mol. The first-order chi connectivity index (χ1) is 7.60. The largest absolute Gasteiger partial charge is 0.254 e. The van der Waals surface area contributed by atoms with Crippen LogP contribution in [0.3, 0.4) is 0 Å². The summed E-state index contributed by atoms with van der Waals surface area (Å²) in [6.07, 6.45) is 0.608. The molecule has 0 amide bonds. The number of halogens is 2. The average molecular weight is 243 g/mol. The van der Waals surface area contributed by atoms with Crippen LogP contribution < -0.4 is 0 Å². The maximum Gasteiger partial charge on any atom is 0.142 e. The molecule has 0 saturated carbocycles. The SMILES string of the molecule is CCC(CC#N)S(=O)c1ccc(F)cc1F. The number of nitrogens with zero attached hydrogens (tertiary/aromatic N) is 1. The average Bonchev–Trinajstić information content (AvgIpc) is 2.25. The van der Waals surface area contributed by atoms with Crippen LogP contribution in [0.1, 0.15) is 19.8 Å². The minimum atomic E-state index is -1.61. The summed E-state index contributed by atoms with van der Waals surface area (Å²) in [5, 5.41) is 8.13. The van der Waals surface area contributed by atoms with Gasteiger partial charge in [0.15, 0.2) is 0 Å². The Labute approximate surface area is 95.4 Å². The lowest BCUT2D eigenvalue weighted by atomic mass is 10.3. The molecule has 5 heteroatoms. The lowest BCUT2D eigenvalue weighted by Gasteiger charge is -2.11. The molecule has 0 aromatic heterocycles. The van der Waals surface area contributed by atoms with Crippen LogP contribution in [0.2, 0.25) is 0 Å². The minimum absolute atomic E-state index is 0.0384. The van der Waals surface area contributed by atoms with Gasteiger partial charge in [-0.3, -0.25) is 4.21 Å². The quantitative estimate of drug-likeness (QED) is 0.815. The molecular weight excluding hydrogens is 232 g/mol. The summed E-state index contributed by atoms with van der Waals surface area (Å²) >= 11 is 0. The van der Waals surface area contributed by atoms with Crippen molar-refractivity contribution in [2.24, 2.45) is 0 Å². The van der Waals surface area contributed by atoms with Crippen molar-refractivity contribution in [3.63, 3.8) is 0 Å². The van der Waals surface area contributed by atoms with E-state index in [4.69, 9.17) is 5.26 Å². The van der Waals surface area contributed by atoms with Crippen LogP contribution in [0.25, 0.3) is 0 Å². The molecule has 0 aliphatic rings. The van der Waals surface area contributed by atoms with Gasteiger partial charge in [0.1, 0.15) is 11.6 Å². The molecule has 2 nitrogen and oxygen atoms in total. The Morgan fingerprint density at radius 2 is 2.19 bits per heavy atom. The van der Waals surface area contributed by atoms with E-state index < -0.39 is 27.7 Å². The Bertz CT molecular complexity index is 442. The molecule has 0 radical (unpaired) electrons. The summed E-state index contributed by atoms with van der Waals surface area (Å²) in [6, 6.07) is 4.84. The topological polar surface area (TPSA) is 40.9 Å². The van der Waals surface area contributed by atoms with Gasteiger partial charge in [-0.25, -0.2) is 8.78 Å². The normalized spacial score (nSPS) is 14.1. The van der Waals surface area contributed by atoms with Crippen LogP contribution >= 0.6 is 0 Å². The molecule has 0 aliphatic carbocycles. The first kappa shape index (κ1) is 12.8. The van der Waals surface area contributed by atoms with Crippen molar-refractivity contribution in [1.82, 2.24) is 0 Å². The molecule has 86 valence electrons. The number of rotatable bonds is 4. The molecule has 1 aromatic carbocycles. The zero-order valence-corrected chi connectivity index (χ0v) is 9.56. The highest BCUT2D eigenvalue weighted by molar-refractivity contribution is 7.85. The highest BCUT2D eigenvalue weighted by Crippen LogP contribution is 2.20. The molecule has 0 heterocycles. The Morgan fingerprint density at radius 1 is 1.50 bits per heavy atom. The molecule has 1 rings (SSSR count). The summed E-state index contributed by atoms with van der Waals surface area (Å²) in [5.74, 6) is -1.53. The fraction of sp³-hybridized carbons (Fsp3) is 0.364. The van der Waals surface area contributed by atoms with Crippen LogP contribution in [0.5, 0.6) is 0 Å². The number of nitriles is 1. The lowest BCUT2D eigenvalue weighted by molar-refractivity contribution is 0.560. The van der Waals surface area contributed by atoms with Crippen molar-refractivity contribution in [2.45, 2.75) is 29.9 Å². The summed E-state index contributed by atoms with van der Waals surface area (Å²) in [7, 11) is -1.61. The summed E-state index contributed by atoms with van der Waals surface area (Å²) in [5.41, 5.74) is 0. The van der Waals surface area contributed by atoms with Crippen molar-refractivity contribution < 1.29 is 13.0 Å². The van der Waals surface area contributed by atoms with Crippen LogP contribution in [0.4, 0.5) is 8.78 Å². The molecule has 0 saturated heterocycles. The van der Waals surface area contributed by atoms with Crippen molar-refractivity contribution >= 4 is 10.8 Å². The Balaban J connectivity index is 3.00. The zero-order valence-electron chi connectivity index (χ0n) is 8.74. The Morgan fingerprint density at radius 3 is 2.69 bits per heavy atom. The van der Waals surface area contributed by atoms with Crippen molar-refractivity contribution in [3.8, 4) is 6.07 Å². The van der Waals surface area contributed by atoms with Crippen molar-refractivity contribution in [3.05, 3.63) is 29.8 Å². The lowest BCUT2D eigenvalue weighted by Crippen LogP contribution is -2.14. The second-order valence-electron chi connectivity index (χ2n) is 3.26. The third-order valence-electron chi connectivity index (χ3n) is 2.19. The fourth-order valence-electron chi connectivity index (χ4n) is 1.29. The van der Waals surface area contributed by atoms with Crippen molar-refractivity contribution in [2.75, 3.05) is 0 Å². The van der Waals surface area contributed by atoms with Crippen molar-refractivity contribution in [1.29, 1.82) is 5.26 Å². The first-order valence-corrected chi connectivity index (χ1v) is 6.04.